The van der Waals surface area contributed by atoms with Crippen LogP contribution in [0.1, 0.15) is 44.6 Å². The monoisotopic (exact) mass is 280 g/mol. The molecule has 2 nitrogen and oxygen atoms in total. The van der Waals surface area contributed by atoms with E-state index in [-0.39, 0.29) is 0 Å². The summed E-state index contributed by atoms with van der Waals surface area (Å²) in [7, 11) is 1.95. The minimum absolute atomic E-state index is 0.675. The fourth-order valence-electron chi connectivity index (χ4n) is 2.99. The predicted octanol–water partition coefficient (Wildman–Crippen LogP) is 4.22. The zero-order valence-electron chi connectivity index (χ0n) is 12.1. The lowest BCUT2D eigenvalue weighted by Crippen LogP contribution is -2.34. The lowest BCUT2D eigenvalue weighted by molar-refractivity contribution is 0.556. The Hall–Kier alpha value is -0.730. The van der Waals surface area contributed by atoms with Crippen LogP contribution in [0, 0.1) is 0 Å². The molecule has 2 rings (SSSR count). The molecule has 1 aromatic rings. The van der Waals surface area contributed by atoms with Gasteiger partial charge in [0.05, 0.1) is 0 Å². The summed E-state index contributed by atoms with van der Waals surface area (Å²) in [5.41, 5.74) is 2.47. The van der Waals surface area contributed by atoms with Gasteiger partial charge in [-0.05, 0) is 44.0 Å². The van der Waals surface area contributed by atoms with Gasteiger partial charge in [0.15, 0.2) is 0 Å². The van der Waals surface area contributed by atoms with Crippen LogP contribution >= 0.6 is 11.6 Å². The quantitative estimate of drug-likeness (QED) is 0.888. The van der Waals surface area contributed by atoms with Crippen LogP contribution in [-0.2, 0) is 6.54 Å². The first kappa shape index (κ1) is 14.7. The predicted molar refractivity (Wildman–Crippen MR) is 84.1 cm³/mol. The van der Waals surface area contributed by atoms with E-state index in [1.165, 1.54) is 49.9 Å². The molecule has 106 valence electrons. The van der Waals surface area contributed by atoms with E-state index in [1.807, 2.05) is 7.05 Å². The molecule has 1 heterocycles. The van der Waals surface area contributed by atoms with Crippen LogP contribution in [-0.4, -0.2) is 19.6 Å². The Morgan fingerprint density at radius 1 is 1.32 bits per heavy atom. The van der Waals surface area contributed by atoms with Crippen molar-refractivity contribution < 1.29 is 0 Å². The van der Waals surface area contributed by atoms with Crippen molar-refractivity contribution in [3.05, 3.63) is 28.8 Å². The lowest BCUT2D eigenvalue weighted by atomic mass is 10.1. The summed E-state index contributed by atoms with van der Waals surface area (Å²) >= 11 is 6.39. The molecule has 1 fully saturated rings. The Labute approximate surface area is 122 Å². The molecule has 3 heteroatoms. The summed E-state index contributed by atoms with van der Waals surface area (Å²) in [6.07, 6.45) is 6.55. The van der Waals surface area contributed by atoms with Crippen LogP contribution in [0.25, 0.3) is 0 Å². The summed E-state index contributed by atoms with van der Waals surface area (Å²) < 4.78 is 0. The number of anilines is 1. The van der Waals surface area contributed by atoms with E-state index in [1.54, 1.807) is 0 Å². The molecule has 0 spiro atoms. The molecule has 0 aliphatic carbocycles. The average Bonchev–Trinajstić information content (AvgIpc) is 2.66. The molecule has 19 heavy (non-hydrogen) atoms. The highest BCUT2D eigenvalue weighted by atomic mass is 35.5. The number of rotatable bonds is 4. The average molecular weight is 281 g/mol. The maximum absolute atomic E-state index is 6.39. The highest BCUT2D eigenvalue weighted by Crippen LogP contribution is 2.29. The summed E-state index contributed by atoms with van der Waals surface area (Å²) in [4.78, 5) is 2.56. The fraction of sp³-hybridized carbons (Fsp3) is 0.625. The molecule has 0 aromatic heterocycles. The summed E-state index contributed by atoms with van der Waals surface area (Å²) in [6.45, 7) is 4.29. The van der Waals surface area contributed by atoms with Gasteiger partial charge in [-0.1, -0.05) is 37.4 Å². The largest absolute Gasteiger partial charge is 0.369 e. The number of halogens is 1. The fourth-order valence-corrected chi connectivity index (χ4v) is 3.23. The van der Waals surface area contributed by atoms with Gasteiger partial charge in [0.2, 0.25) is 0 Å². The summed E-state index contributed by atoms with van der Waals surface area (Å²) in [6, 6.07) is 7.20. The van der Waals surface area contributed by atoms with Crippen molar-refractivity contribution >= 4 is 17.3 Å². The number of nitrogens with one attached hydrogen (secondary N) is 1. The third-order valence-electron chi connectivity index (χ3n) is 4.08. The third-order valence-corrected chi connectivity index (χ3v) is 4.44. The van der Waals surface area contributed by atoms with Crippen LogP contribution in [0.2, 0.25) is 5.02 Å². The summed E-state index contributed by atoms with van der Waals surface area (Å²) in [5.74, 6) is 0. The Kier molecular flexibility index (Phi) is 5.53. The molecule has 1 N–H and O–H groups in total. The van der Waals surface area contributed by atoms with Gasteiger partial charge in [-0.15, -0.1) is 0 Å². The Balaban J connectivity index is 2.21. The van der Waals surface area contributed by atoms with Gasteiger partial charge in [-0.3, -0.25) is 0 Å². The molecule has 1 saturated heterocycles. The van der Waals surface area contributed by atoms with Gasteiger partial charge in [0.1, 0.15) is 0 Å². The summed E-state index contributed by atoms with van der Waals surface area (Å²) in [5, 5.41) is 4.04. The highest BCUT2D eigenvalue weighted by molar-refractivity contribution is 6.31. The smallest absolute Gasteiger partial charge is 0.0471 e. The SMILES string of the molecule is CCC1CCCCCN1c1ccc(CNC)c(Cl)c1. The molecule has 0 radical (unpaired) electrons. The normalized spacial score (nSPS) is 20.4. The Morgan fingerprint density at radius 3 is 2.84 bits per heavy atom. The van der Waals surface area contributed by atoms with E-state index in [9.17, 15) is 0 Å². The van der Waals surface area contributed by atoms with E-state index in [0.717, 1.165) is 11.6 Å². The molecule has 1 unspecified atom stereocenters. The van der Waals surface area contributed by atoms with Crippen LogP contribution in [0.3, 0.4) is 0 Å². The van der Waals surface area contributed by atoms with E-state index >= 15 is 0 Å². The standard InChI is InChI=1S/C16H25ClN2/c1-3-14-7-5-4-6-10-19(14)15-9-8-13(12-18-2)16(17)11-15/h8-9,11,14,18H,3-7,10,12H2,1-2H3. The minimum Gasteiger partial charge on any atom is -0.369 e. The van der Waals surface area contributed by atoms with Crippen molar-refractivity contribution in [3.8, 4) is 0 Å². The molecule has 1 atom stereocenters. The Bertz CT molecular complexity index is 406. The molecular weight excluding hydrogens is 256 g/mol. The zero-order valence-corrected chi connectivity index (χ0v) is 12.8. The molecule has 1 aromatic carbocycles. The lowest BCUT2D eigenvalue weighted by Gasteiger charge is -2.32. The number of hydrogen-bond donors (Lipinski definition) is 1. The van der Waals surface area contributed by atoms with E-state index in [4.69, 9.17) is 11.6 Å². The second kappa shape index (κ2) is 7.16. The first-order valence-electron chi connectivity index (χ1n) is 7.46. The molecule has 0 saturated carbocycles. The maximum Gasteiger partial charge on any atom is 0.0471 e. The molecule has 0 bridgehead atoms. The highest BCUT2D eigenvalue weighted by Gasteiger charge is 2.20. The van der Waals surface area contributed by atoms with Crippen molar-refractivity contribution in [2.24, 2.45) is 0 Å². The van der Waals surface area contributed by atoms with Crippen LogP contribution < -0.4 is 10.2 Å². The molecule has 1 aliphatic heterocycles. The van der Waals surface area contributed by atoms with Crippen LogP contribution in [0.5, 0.6) is 0 Å². The number of hydrogen-bond acceptors (Lipinski definition) is 2. The number of nitrogens with zero attached hydrogens (tertiary/aromatic N) is 1. The van der Waals surface area contributed by atoms with Crippen molar-refractivity contribution in [1.29, 1.82) is 0 Å². The number of benzene rings is 1. The van der Waals surface area contributed by atoms with Crippen LogP contribution in [0.4, 0.5) is 5.69 Å². The van der Waals surface area contributed by atoms with Crippen molar-refractivity contribution in [2.75, 3.05) is 18.5 Å². The molecular formula is C16H25ClN2. The zero-order chi connectivity index (χ0) is 13.7. The first-order chi connectivity index (χ1) is 9.26. The van der Waals surface area contributed by atoms with E-state index in [2.05, 4.69) is 35.3 Å². The second-order valence-electron chi connectivity index (χ2n) is 5.41. The minimum atomic E-state index is 0.675. The van der Waals surface area contributed by atoms with Gasteiger partial charge in [-0.2, -0.15) is 0 Å². The van der Waals surface area contributed by atoms with Crippen LogP contribution in [0.15, 0.2) is 18.2 Å². The first-order valence-corrected chi connectivity index (χ1v) is 7.83. The van der Waals surface area contributed by atoms with Crippen molar-refractivity contribution in [1.82, 2.24) is 5.32 Å². The maximum atomic E-state index is 6.39. The third kappa shape index (κ3) is 3.64. The Morgan fingerprint density at radius 2 is 2.16 bits per heavy atom. The van der Waals surface area contributed by atoms with E-state index < -0.39 is 0 Å². The topological polar surface area (TPSA) is 15.3 Å². The van der Waals surface area contributed by atoms with E-state index in [0.29, 0.717) is 6.04 Å². The van der Waals surface area contributed by atoms with Gasteiger partial charge < -0.3 is 10.2 Å². The van der Waals surface area contributed by atoms with Gasteiger partial charge >= 0.3 is 0 Å². The van der Waals surface area contributed by atoms with Gasteiger partial charge in [0.25, 0.3) is 0 Å². The van der Waals surface area contributed by atoms with Crippen molar-refractivity contribution in [3.63, 3.8) is 0 Å². The van der Waals surface area contributed by atoms with Crippen molar-refractivity contribution in [2.45, 2.75) is 51.6 Å². The molecule has 0 amide bonds. The van der Waals surface area contributed by atoms with Gasteiger partial charge in [-0.25, -0.2) is 0 Å². The molecule has 1 aliphatic rings. The van der Waals surface area contributed by atoms with Gasteiger partial charge in [0, 0.05) is 29.8 Å². The second-order valence-corrected chi connectivity index (χ2v) is 5.82.